The number of amides is 1. The van der Waals surface area contributed by atoms with Gasteiger partial charge in [0.15, 0.2) is 0 Å². The van der Waals surface area contributed by atoms with E-state index < -0.39 is 0 Å². The van der Waals surface area contributed by atoms with Gasteiger partial charge in [-0.25, -0.2) is 0 Å². The second-order valence-corrected chi connectivity index (χ2v) is 7.93. The van der Waals surface area contributed by atoms with E-state index in [9.17, 15) is 4.79 Å². The molecule has 0 aliphatic rings. The van der Waals surface area contributed by atoms with E-state index >= 15 is 0 Å². The summed E-state index contributed by atoms with van der Waals surface area (Å²) in [6.07, 6.45) is 0. The minimum atomic E-state index is -0.195. The summed E-state index contributed by atoms with van der Waals surface area (Å²) >= 11 is 12.1. The molecule has 0 saturated heterocycles. The molecule has 3 aromatic carbocycles. The molecule has 0 fully saturated rings. The molecular formula is C24H19Cl2N3O3. The van der Waals surface area contributed by atoms with Gasteiger partial charge in [0.05, 0.1) is 6.54 Å². The van der Waals surface area contributed by atoms with E-state index in [0.717, 1.165) is 11.1 Å². The molecule has 1 heterocycles. The van der Waals surface area contributed by atoms with Crippen LogP contribution in [0, 0.1) is 0 Å². The van der Waals surface area contributed by atoms with Crippen LogP contribution >= 0.6 is 23.2 Å². The fourth-order valence-corrected chi connectivity index (χ4v) is 3.34. The van der Waals surface area contributed by atoms with E-state index in [4.69, 9.17) is 32.5 Å². The van der Waals surface area contributed by atoms with Crippen molar-refractivity contribution in [2.75, 3.05) is 7.05 Å². The van der Waals surface area contributed by atoms with Crippen molar-refractivity contribution >= 4 is 29.1 Å². The minimum Gasteiger partial charge on any atom is -0.489 e. The molecule has 1 aromatic heterocycles. The number of hydrogen-bond donors (Lipinski definition) is 0. The summed E-state index contributed by atoms with van der Waals surface area (Å²) in [6, 6.07) is 21.6. The molecule has 0 radical (unpaired) electrons. The third-order valence-corrected chi connectivity index (χ3v) is 5.34. The van der Waals surface area contributed by atoms with Gasteiger partial charge in [0.2, 0.25) is 11.7 Å². The third-order valence-electron chi connectivity index (χ3n) is 4.72. The van der Waals surface area contributed by atoms with Crippen molar-refractivity contribution in [2.24, 2.45) is 0 Å². The molecule has 0 aliphatic heterocycles. The van der Waals surface area contributed by atoms with E-state index in [0.29, 0.717) is 39.7 Å². The quantitative estimate of drug-likeness (QED) is 0.338. The monoisotopic (exact) mass is 467 g/mol. The van der Waals surface area contributed by atoms with Crippen LogP contribution in [0.1, 0.15) is 21.8 Å². The van der Waals surface area contributed by atoms with Crippen molar-refractivity contribution in [3.8, 4) is 17.1 Å². The summed E-state index contributed by atoms with van der Waals surface area (Å²) in [6.45, 7) is 0.479. The highest BCUT2D eigenvalue weighted by atomic mass is 35.5. The average molecular weight is 468 g/mol. The fourth-order valence-electron chi connectivity index (χ4n) is 3.03. The van der Waals surface area contributed by atoms with Crippen LogP contribution in [0.5, 0.6) is 5.75 Å². The number of halogens is 2. The van der Waals surface area contributed by atoms with Gasteiger partial charge in [-0.05, 0) is 48.5 Å². The largest absolute Gasteiger partial charge is 0.489 e. The molecule has 4 rings (SSSR count). The maximum absolute atomic E-state index is 12.9. The summed E-state index contributed by atoms with van der Waals surface area (Å²) < 4.78 is 11.1. The molecule has 0 bridgehead atoms. The van der Waals surface area contributed by atoms with Crippen LogP contribution in [0.3, 0.4) is 0 Å². The smallest absolute Gasteiger partial charge is 0.254 e. The normalized spacial score (nSPS) is 10.7. The lowest BCUT2D eigenvalue weighted by Gasteiger charge is -2.15. The lowest BCUT2D eigenvalue weighted by molar-refractivity contribution is 0.0769. The van der Waals surface area contributed by atoms with E-state index in [2.05, 4.69) is 10.1 Å². The van der Waals surface area contributed by atoms with Crippen LogP contribution in [0.4, 0.5) is 0 Å². The molecule has 4 aromatic rings. The zero-order valence-electron chi connectivity index (χ0n) is 17.2. The Morgan fingerprint density at radius 3 is 2.59 bits per heavy atom. The molecule has 32 heavy (non-hydrogen) atoms. The first kappa shape index (κ1) is 21.9. The van der Waals surface area contributed by atoms with Crippen molar-refractivity contribution in [2.45, 2.75) is 13.2 Å². The fraction of sp³-hybridized carbons (Fsp3) is 0.125. The Hall–Kier alpha value is -3.35. The Kier molecular flexibility index (Phi) is 6.73. The summed E-state index contributed by atoms with van der Waals surface area (Å²) in [5, 5.41) is 5.24. The van der Waals surface area contributed by atoms with Crippen LogP contribution in [-0.2, 0) is 13.2 Å². The molecule has 162 valence electrons. The van der Waals surface area contributed by atoms with E-state index in [1.807, 2.05) is 24.3 Å². The highest BCUT2D eigenvalue weighted by molar-refractivity contribution is 6.31. The number of carbonyl (C=O) groups excluding carboxylic acids is 1. The van der Waals surface area contributed by atoms with E-state index in [-0.39, 0.29) is 12.5 Å². The van der Waals surface area contributed by atoms with Crippen molar-refractivity contribution in [3.05, 3.63) is 99.9 Å². The summed E-state index contributed by atoms with van der Waals surface area (Å²) in [4.78, 5) is 18.8. The number of rotatable bonds is 7. The number of hydrogen-bond acceptors (Lipinski definition) is 5. The zero-order chi connectivity index (χ0) is 22.5. The lowest BCUT2D eigenvalue weighted by Crippen LogP contribution is -2.26. The van der Waals surface area contributed by atoms with Gasteiger partial charge in [0, 0.05) is 33.8 Å². The maximum Gasteiger partial charge on any atom is 0.254 e. The first-order chi connectivity index (χ1) is 15.5. The maximum atomic E-state index is 12.9. The first-order valence-electron chi connectivity index (χ1n) is 9.80. The highest BCUT2D eigenvalue weighted by Gasteiger charge is 2.17. The average Bonchev–Trinajstić information content (AvgIpc) is 3.27. The molecule has 0 atom stereocenters. The number of aromatic nitrogens is 2. The zero-order valence-corrected chi connectivity index (χ0v) is 18.7. The van der Waals surface area contributed by atoms with Crippen molar-refractivity contribution in [3.63, 3.8) is 0 Å². The van der Waals surface area contributed by atoms with Gasteiger partial charge in [-0.1, -0.05) is 52.6 Å². The van der Waals surface area contributed by atoms with E-state index in [1.165, 1.54) is 4.90 Å². The second-order valence-electron chi connectivity index (χ2n) is 7.09. The van der Waals surface area contributed by atoms with Crippen LogP contribution in [0.2, 0.25) is 10.0 Å². The van der Waals surface area contributed by atoms with Crippen LogP contribution in [0.25, 0.3) is 11.4 Å². The summed E-state index contributed by atoms with van der Waals surface area (Å²) in [5.74, 6) is 1.15. The van der Waals surface area contributed by atoms with Gasteiger partial charge in [-0.15, -0.1) is 0 Å². The van der Waals surface area contributed by atoms with Crippen LogP contribution < -0.4 is 4.74 Å². The number of ether oxygens (including phenoxy) is 1. The predicted octanol–water partition coefficient (Wildman–Crippen LogP) is 5.89. The van der Waals surface area contributed by atoms with E-state index in [1.54, 1.807) is 55.6 Å². The Morgan fingerprint density at radius 1 is 1.03 bits per heavy atom. The van der Waals surface area contributed by atoms with Crippen molar-refractivity contribution in [1.29, 1.82) is 0 Å². The van der Waals surface area contributed by atoms with Gasteiger partial charge in [0.1, 0.15) is 12.4 Å². The molecule has 0 spiro atoms. The first-order valence-corrected chi connectivity index (χ1v) is 10.6. The SMILES string of the molecule is CN(Cc1nc(-c2ccc(Cl)cc2)no1)C(=O)c1cccc(OCc2ccccc2Cl)c1. The molecule has 1 amide bonds. The molecule has 0 unspecified atom stereocenters. The number of carbonyl (C=O) groups is 1. The number of benzene rings is 3. The van der Waals surface area contributed by atoms with Gasteiger partial charge < -0.3 is 14.2 Å². The Morgan fingerprint density at radius 2 is 1.81 bits per heavy atom. The lowest BCUT2D eigenvalue weighted by atomic mass is 10.2. The standard InChI is InChI=1S/C24H19Cl2N3O3/c1-29(14-22-27-23(28-32-22)16-9-11-19(25)12-10-16)24(30)17-6-4-7-20(13-17)31-15-18-5-2-3-8-21(18)26/h2-13H,14-15H2,1H3. The Bertz CT molecular complexity index is 1230. The minimum absolute atomic E-state index is 0.171. The summed E-state index contributed by atoms with van der Waals surface area (Å²) in [5.41, 5.74) is 2.14. The molecule has 0 saturated carbocycles. The molecule has 0 aliphatic carbocycles. The van der Waals surface area contributed by atoms with Gasteiger partial charge in [-0.3, -0.25) is 4.79 Å². The van der Waals surface area contributed by atoms with Crippen molar-refractivity contribution in [1.82, 2.24) is 15.0 Å². The van der Waals surface area contributed by atoms with Crippen LogP contribution in [-0.4, -0.2) is 28.0 Å². The topological polar surface area (TPSA) is 68.5 Å². The second kappa shape index (κ2) is 9.85. The van der Waals surface area contributed by atoms with Crippen LogP contribution in [0.15, 0.2) is 77.3 Å². The molecule has 8 heteroatoms. The van der Waals surface area contributed by atoms with Gasteiger partial charge in [-0.2, -0.15) is 4.98 Å². The Balaban J connectivity index is 1.40. The summed E-state index contributed by atoms with van der Waals surface area (Å²) in [7, 11) is 1.67. The number of nitrogens with zero attached hydrogens (tertiary/aromatic N) is 3. The predicted molar refractivity (Wildman–Crippen MR) is 123 cm³/mol. The van der Waals surface area contributed by atoms with Gasteiger partial charge >= 0.3 is 0 Å². The highest BCUT2D eigenvalue weighted by Crippen LogP contribution is 2.21. The molecule has 6 nitrogen and oxygen atoms in total. The molecule has 0 N–H and O–H groups in total. The van der Waals surface area contributed by atoms with Crippen molar-refractivity contribution < 1.29 is 14.1 Å². The molecular weight excluding hydrogens is 449 g/mol. The Labute approximate surface area is 195 Å². The van der Waals surface area contributed by atoms with Gasteiger partial charge in [0.25, 0.3) is 5.91 Å². The third kappa shape index (κ3) is 5.28.